The standard InChI is InChI=1S/C17H24N2O3/c1-10(2)5-6-19-13-8-15-14(21-9-22-15)7-12(13)18-16(11(3)4)17(19)20/h7-8,10-11,16,18H,5-6,9H2,1-4H3. The molecule has 1 amide bonds. The molecule has 1 N–H and O–H groups in total. The first-order valence-electron chi connectivity index (χ1n) is 7.99. The Kier molecular flexibility index (Phi) is 3.89. The predicted octanol–water partition coefficient (Wildman–Crippen LogP) is 3.24. The van der Waals surface area contributed by atoms with Gasteiger partial charge in [-0.1, -0.05) is 27.7 Å². The predicted molar refractivity (Wildman–Crippen MR) is 86.6 cm³/mol. The van der Waals surface area contributed by atoms with Crippen molar-refractivity contribution in [1.82, 2.24) is 0 Å². The van der Waals surface area contributed by atoms with Crippen molar-refractivity contribution in [3.63, 3.8) is 0 Å². The summed E-state index contributed by atoms with van der Waals surface area (Å²) in [4.78, 5) is 14.7. The molecule has 0 saturated carbocycles. The van der Waals surface area contributed by atoms with Crippen molar-refractivity contribution in [2.24, 2.45) is 11.8 Å². The van der Waals surface area contributed by atoms with E-state index in [2.05, 4.69) is 33.0 Å². The summed E-state index contributed by atoms with van der Waals surface area (Å²) in [7, 11) is 0. The van der Waals surface area contributed by atoms with Crippen LogP contribution in [0.4, 0.5) is 11.4 Å². The van der Waals surface area contributed by atoms with E-state index in [1.165, 1.54) is 0 Å². The van der Waals surface area contributed by atoms with Gasteiger partial charge in [0.1, 0.15) is 6.04 Å². The fourth-order valence-electron chi connectivity index (χ4n) is 2.86. The highest BCUT2D eigenvalue weighted by molar-refractivity contribution is 6.05. The molecule has 0 saturated heterocycles. The van der Waals surface area contributed by atoms with Crippen molar-refractivity contribution in [2.75, 3.05) is 23.6 Å². The highest BCUT2D eigenvalue weighted by Gasteiger charge is 2.35. The SMILES string of the molecule is CC(C)CCN1C(=O)C(C(C)C)Nc2cc3c(cc21)OCO3. The third-order valence-corrected chi connectivity index (χ3v) is 4.22. The first kappa shape index (κ1) is 15.0. The first-order valence-corrected chi connectivity index (χ1v) is 7.99. The Morgan fingerprint density at radius 1 is 1.23 bits per heavy atom. The lowest BCUT2D eigenvalue weighted by molar-refractivity contribution is -0.120. The molecular formula is C17H24N2O3. The van der Waals surface area contributed by atoms with Gasteiger partial charge in [-0.25, -0.2) is 0 Å². The third kappa shape index (κ3) is 2.60. The van der Waals surface area contributed by atoms with E-state index in [4.69, 9.17) is 9.47 Å². The second-order valence-electron chi connectivity index (χ2n) is 6.76. The molecule has 1 aromatic carbocycles. The molecule has 5 nitrogen and oxygen atoms in total. The molecule has 5 heteroatoms. The first-order chi connectivity index (χ1) is 10.5. The van der Waals surface area contributed by atoms with E-state index in [1.807, 2.05) is 17.0 Å². The molecule has 1 aromatic rings. The molecule has 2 aliphatic rings. The van der Waals surface area contributed by atoms with E-state index in [0.717, 1.165) is 30.1 Å². The summed E-state index contributed by atoms with van der Waals surface area (Å²) in [6, 6.07) is 3.67. The van der Waals surface area contributed by atoms with Crippen LogP contribution in [-0.4, -0.2) is 25.3 Å². The second-order valence-corrected chi connectivity index (χ2v) is 6.76. The number of carbonyl (C=O) groups is 1. The van der Waals surface area contributed by atoms with Crippen molar-refractivity contribution in [3.8, 4) is 11.5 Å². The number of rotatable bonds is 4. The largest absolute Gasteiger partial charge is 0.454 e. The number of amides is 1. The van der Waals surface area contributed by atoms with E-state index in [-0.39, 0.29) is 24.7 Å². The zero-order chi connectivity index (χ0) is 15.9. The number of benzene rings is 1. The van der Waals surface area contributed by atoms with Crippen LogP contribution in [0.15, 0.2) is 12.1 Å². The van der Waals surface area contributed by atoms with Gasteiger partial charge in [0.15, 0.2) is 11.5 Å². The van der Waals surface area contributed by atoms with Crippen LogP contribution in [0.2, 0.25) is 0 Å². The van der Waals surface area contributed by atoms with Gasteiger partial charge in [-0.3, -0.25) is 4.79 Å². The van der Waals surface area contributed by atoms with Gasteiger partial charge in [-0.15, -0.1) is 0 Å². The Morgan fingerprint density at radius 3 is 2.55 bits per heavy atom. The zero-order valence-corrected chi connectivity index (χ0v) is 13.7. The van der Waals surface area contributed by atoms with Gasteiger partial charge in [-0.2, -0.15) is 0 Å². The summed E-state index contributed by atoms with van der Waals surface area (Å²) in [6.07, 6.45) is 0.977. The van der Waals surface area contributed by atoms with Crippen molar-refractivity contribution in [3.05, 3.63) is 12.1 Å². The zero-order valence-electron chi connectivity index (χ0n) is 13.7. The van der Waals surface area contributed by atoms with Crippen LogP contribution < -0.4 is 19.7 Å². The molecule has 0 aliphatic carbocycles. The maximum absolute atomic E-state index is 12.8. The monoisotopic (exact) mass is 304 g/mol. The molecule has 0 fully saturated rings. The molecule has 1 unspecified atom stereocenters. The van der Waals surface area contributed by atoms with Crippen LogP contribution in [-0.2, 0) is 4.79 Å². The van der Waals surface area contributed by atoms with Crippen LogP contribution >= 0.6 is 0 Å². The molecule has 1 atom stereocenters. The van der Waals surface area contributed by atoms with Gasteiger partial charge in [0.25, 0.3) is 0 Å². The Balaban J connectivity index is 1.98. The summed E-state index contributed by atoms with van der Waals surface area (Å²) in [6.45, 7) is 9.45. The van der Waals surface area contributed by atoms with Crippen LogP contribution in [0, 0.1) is 11.8 Å². The van der Waals surface area contributed by atoms with Crippen LogP contribution in [0.25, 0.3) is 0 Å². The van der Waals surface area contributed by atoms with E-state index >= 15 is 0 Å². The normalized spacial score (nSPS) is 19.6. The fraction of sp³-hybridized carbons (Fsp3) is 0.588. The van der Waals surface area contributed by atoms with Gasteiger partial charge in [0.05, 0.1) is 11.4 Å². The molecular weight excluding hydrogens is 280 g/mol. The third-order valence-electron chi connectivity index (χ3n) is 4.22. The van der Waals surface area contributed by atoms with Gasteiger partial charge in [0, 0.05) is 18.7 Å². The molecule has 0 radical (unpaired) electrons. The van der Waals surface area contributed by atoms with Crippen LogP contribution in [0.3, 0.4) is 0 Å². The summed E-state index contributed by atoms with van der Waals surface area (Å²) < 4.78 is 10.9. The highest BCUT2D eigenvalue weighted by atomic mass is 16.7. The highest BCUT2D eigenvalue weighted by Crippen LogP contribution is 2.44. The minimum Gasteiger partial charge on any atom is -0.454 e. The number of hydrogen-bond acceptors (Lipinski definition) is 4. The number of nitrogens with one attached hydrogen (secondary N) is 1. The van der Waals surface area contributed by atoms with Crippen molar-refractivity contribution in [1.29, 1.82) is 0 Å². The van der Waals surface area contributed by atoms with E-state index < -0.39 is 0 Å². The maximum Gasteiger partial charge on any atom is 0.249 e. The number of carbonyl (C=O) groups excluding carboxylic acids is 1. The van der Waals surface area contributed by atoms with Crippen molar-refractivity contribution in [2.45, 2.75) is 40.2 Å². The molecule has 22 heavy (non-hydrogen) atoms. The number of nitrogens with zero attached hydrogens (tertiary/aromatic N) is 1. The average molecular weight is 304 g/mol. The number of fused-ring (bicyclic) bond motifs is 2. The Morgan fingerprint density at radius 2 is 1.91 bits per heavy atom. The lowest BCUT2D eigenvalue weighted by atomic mass is 9.98. The smallest absolute Gasteiger partial charge is 0.249 e. The molecule has 3 rings (SSSR count). The maximum atomic E-state index is 12.8. The summed E-state index contributed by atoms with van der Waals surface area (Å²) in [5.41, 5.74) is 1.85. The Bertz CT molecular complexity index is 584. The quantitative estimate of drug-likeness (QED) is 0.927. The molecule has 120 valence electrons. The fourth-order valence-corrected chi connectivity index (χ4v) is 2.86. The number of ether oxygens (including phenoxy) is 2. The molecule has 2 aliphatic heterocycles. The van der Waals surface area contributed by atoms with E-state index in [0.29, 0.717) is 11.7 Å². The summed E-state index contributed by atoms with van der Waals surface area (Å²) in [5.74, 6) is 2.38. The van der Waals surface area contributed by atoms with Gasteiger partial charge in [-0.05, 0) is 18.3 Å². The second kappa shape index (κ2) is 5.71. The van der Waals surface area contributed by atoms with Gasteiger partial charge < -0.3 is 19.7 Å². The average Bonchev–Trinajstić information content (AvgIpc) is 2.90. The molecule has 2 heterocycles. The Hall–Kier alpha value is -1.91. The lowest BCUT2D eigenvalue weighted by Gasteiger charge is -2.37. The topological polar surface area (TPSA) is 50.8 Å². The van der Waals surface area contributed by atoms with Crippen LogP contribution in [0.5, 0.6) is 11.5 Å². The van der Waals surface area contributed by atoms with E-state index in [9.17, 15) is 4.79 Å². The lowest BCUT2D eigenvalue weighted by Crippen LogP contribution is -2.50. The minimum absolute atomic E-state index is 0.141. The van der Waals surface area contributed by atoms with Crippen molar-refractivity contribution < 1.29 is 14.3 Å². The van der Waals surface area contributed by atoms with Gasteiger partial charge in [0.2, 0.25) is 12.7 Å². The Labute approximate surface area is 131 Å². The summed E-state index contributed by atoms with van der Waals surface area (Å²) >= 11 is 0. The minimum atomic E-state index is -0.194. The molecule has 0 bridgehead atoms. The number of anilines is 2. The molecule has 0 aromatic heterocycles. The van der Waals surface area contributed by atoms with Crippen molar-refractivity contribution >= 4 is 17.3 Å². The van der Waals surface area contributed by atoms with Gasteiger partial charge >= 0.3 is 0 Å². The van der Waals surface area contributed by atoms with Crippen LogP contribution in [0.1, 0.15) is 34.1 Å². The number of hydrogen-bond donors (Lipinski definition) is 1. The molecule has 0 spiro atoms. The van der Waals surface area contributed by atoms with E-state index in [1.54, 1.807) is 0 Å². The summed E-state index contributed by atoms with van der Waals surface area (Å²) in [5, 5.41) is 3.37.